The Bertz CT molecular complexity index is 88.1. The van der Waals surface area contributed by atoms with Crippen molar-refractivity contribution in [1.29, 1.82) is 0 Å². The summed E-state index contributed by atoms with van der Waals surface area (Å²) in [6, 6.07) is 0. The van der Waals surface area contributed by atoms with Crippen LogP contribution in [-0.2, 0) is 4.74 Å². The SMILES string of the molecule is CCNC1(CC)COC1.[HH]. The van der Waals surface area contributed by atoms with Crippen LogP contribution in [0.25, 0.3) is 0 Å². The van der Waals surface area contributed by atoms with Gasteiger partial charge in [0.1, 0.15) is 0 Å². The number of ether oxygens (including phenoxy) is 1. The predicted molar refractivity (Wildman–Crippen MR) is 39.6 cm³/mol. The van der Waals surface area contributed by atoms with Gasteiger partial charge in [-0.3, -0.25) is 0 Å². The molecule has 0 amide bonds. The fourth-order valence-corrected chi connectivity index (χ4v) is 1.15. The lowest BCUT2D eigenvalue weighted by molar-refractivity contribution is -0.0751. The van der Waals surface area contributed by atoms with E-state index in [4.69, 9.17) is 4.74 Å². The van der Waals surface area contributed by atoms with E-state index in [0.29, 0.717) is 5.54 Å². The number of likely N-dealkylation sites (N-methyl/N-ethyl adjacent to an activating group) is 1. The van der Waals surface area contributed by atoms with Crippen LogP contribution >= 0.6 is 0 Å². The van der Waals surface area contributed by atoms with E-state index in [0.717, 1.165) is 19.8 Å². The average molecular weight is 131 g/mol. The van der Waals surface area contributed by atoms with E-state index in [-0.39, 0.29) is 1.43 Å². The molecule has 1 aliphatic rings. The molecule has 0 saturated carbocycles. The van der Waals surface area contributed by atoms with Gasteiger partial charge in [0.2, 0.25) is 0 Å². The van der Waals surface area contributed by atoms with Crippen LogP contribution in [-0.4, -0.2) is 25.3 Å². The molecule has 0 aromatic rings. The Morgan fingerprint density at radius 1 is 1.56 bits per heavy atom. The van der Waals surface area contributed by atoms with E-state index in [9.17, 15) is 0 Å². The first kappa shape index (κ1) is 7.03. The van der Waals surface area contributed by atoms with Gasteiger partial charge in [-0.25, -0.2) is 0 Å². The fourth-order valence-electron chi connectivity index (χ4n) is 1.15. The van der Waals surface area contributed by atoms with E-state index < -0.39 is 0 Å². The molecule has 56 valence electrons. The van der Waals surface area contributed by atoms with Crippen LogP contribution in [0.5, 0.6) is 0 Å². The molecule has 1 rings (SSSR count). The van der Waals surface area contributed by atoms with Crippen LogP contribution in [0.4, 0.5) is 0 Å². The zero-order valence-corrected chi connectivity index (χ0v) is 6.24. The van der Waals surface area contributed by atoms with E-state index in [1.807, 2.05) is 0 Å². The monoisotopic (exact) mass is 131 g/mol. The molecule has 1 N–H and O–H groups in total. The minimum absolute atomic E-state index is 0. The first-order chi connectivity index (χ1) is 4.33. The average Bonchev–Trinajstić information content (AvgIpc) is 1.79. The van der Waals surface area contributed by atoms with Crippen LogP contribution in [0, 0.1) is 0 Å². The van der Waals surface area contributed by atoms with Gasteiger partial charge in [0, 0.05) is 1.43 Å². The lowest BCUT2D eigenvalue weighted by Gasteiger charge is -2.41. The number of hydrogen-bond donors (Lipinski definition) is 1. The second kappa shape index (κ2) is 2.67. The maximum Gasteiger partial charge on any atom is 0.0671 e. The molecule has 1 saturated heterocycles. The molecule has 1 aliphatic heterocycles. The molecule has 1 fully saturated rings. The summed E-state index contributed by atoms with van der Waals surface area (Å²) in [5.74, 6) is 0. The molecule has 0 bridgehead atoms. The van der Waals surface area contributed by atoms with Crippen molar-refractivity contribution in [1.82, 2.24) is 5.32 Å². The van der Waals surface area contributed by atoms with Crippen molar-refractivity contribution in [3.8, 4) is 0 Å². The van der Waals surface area contributed by atoms with Crippen molar-refractivity contribution >= 4 is 0 Å². The standard InChI is InChI=1S/C7H15NO.H2/c1-3-7(8-4-2)5-9-6-7;/h8H,3-6H2,1-2H3;1H. The molecule has 0 aliphatic carbocycles. The van der Waals surface area contributed by atoms with Gasteiger partial charge in [-0.1, -0.05) is 13.8 Å². The summed E-state index contributed by atoms with van der Waals surface area (Å²) in [7, 11) is 0. The van der Waals surface area contributed by atoms with Crippen LogP contribution in [0.1, 0.15) is 21.7 Å². The molecular formula is C7H17NO. The molecule has 1 heterocycles. The van der Waals surface area contributed by atoms with Crippen molar-refractivity contribution < 1.29 is 6.16 Å². The molecular weight excluding hydrogens is 114 g/mol. The zero-order chi connectivity index (χ0) is 6.74. The topological polar surface area (TPSA) is 21.3 Å². The van der Waals surface area contributed by atoms with Crippen LogP contribution in [0.2, 0.25) is 0 Å². The molecule has 0 atom stereocenters. The summed E-state index contributed by atoms with van der Waals surface area (Å²) >= 11 is 0. The highest BCUT2D eigenvalue weighted by molar-refractivity contribution is 4.92. The lowest BCUT2D eigenvalue weighted by atomic mass is 9.94. The third kappa shape index (κ3) is 1.25. The maximum absolute atomic E-state index is 5.12. The minimum atomic E-state index is 0. The largest absolute Gasteiger partial charge is 0.377 e. The Morgan fingerprint density at radius 2 is 2.22 bits per heavy atom. The Morgan fingerprint density at radius 3 is 2.33 bits per heavy atom. The van der Waals surface area contributed by atoms with E-state index in [1.54, 1.807) is 0 Å². The van der Waals surface area contributed by atoms with Gasteiger partial charge < -0.3 is 10.1 Å². The first-order valence-electron chi connectivity index (χ1n) is 3.66. The van der Waals surface area contributed by atoms with Crippen molar-refractivity contribution in [2.75, 3.05) is 19.8 Å². The van der Waals surface area contributed by atoms with Gasteiger partial charge in [-0.15, -0.1) is 0 Å². The van der Waals surface area contributed by atoms with E-state index in [1.165, 1.54) is 6.42 Å². The number of rotatable bonds is 3. The molecule has 0 aromatic carbocycles. The van der Waals surface area contributed by atoms with Gasteiger partial charge in [0.05, 0.1) is 18.8 Å². The maximum atomic E-state index is 5.12. The summed E-state index contributed by atoms with van der Waals surface area (Å²) in [5, 5.41) is 3.42. The smallest absolute Gasteiger partial charge is 0.0671 e. The molecule has 0 radical (unpaired) electrons. The summed E-state index contributed by atoms with van der Waals surface area (Å²) in [4.78, 5) is 0. The molecule has 0 aromatic heterocycles. The van der Waals surface area contributed by atoms with Crippen LogP contribution in [0.3, 0.4) is 0 Å². The van der Waals surface area contributed by atoms with Crippen molar-refractivity contribution in [2.45, 2.75) is 25.8 Å². The van der Waals surface area contributed by atoms with Gasteiger partial charge >= 0.3 is 0 Å². The third-order valence-corrected chi connectivity index (χ3v) is 1.99. The molecule has 0 unspecified atom stereocenters. The second-order valence-corrected chi connectivity index (χ2v) is 2.66. The summed E-state index contributed by atoms with van der Waals surface area (Å²) in [5.41, 5.74) is 0.342. The Labute approximate surface area is 58.1 Å². The Balaban J connectivity index is 0.000000810. The lowest BCUT2D eigenvalue weighted by Crippen LogP contribution is -2.59. The number of nitrogens with one attached hydrogen (secondary N) is 1. The van der Waals surface area contributed by atoms with Crippen molar-refractivity contribution in [3.05, 3.63) is 0 Å². The zero-order valence-electron chi connectivity index (χ0n) is 6.24. The Hall–Kier alpha value is -0.0800. The highest BCUT2D eigenvalue weighted by atomic mass is 16.5. The van der Waals surface area contributed by atoms with Crippen molar-refractivity contribution in [2.24, 2.45) is 0 Å². The third-order valence-electron chi connectivity index (χ3n) is 1.99. The Kier molecular flexibility index (Phi) is 2.09. The molecule has 0 spiro atoms. The van der Waals surface area contributed by atoms with Crippen LogP contribution in [0.15, 0.2) is 0 Å². The number of hydrogen-bond acceptors (Lipinski definition) is 2. The van der Waals surface area contributed by atoms with Crippen molar-refractivity contribution in [3.63, 3.8) is 0 Å². The summed E-state index contributed by atoms with van der Waals surface area (Å²) in [6.07, 6.45) is 1.18. The van der Waals surface area contributed by atoms with Gasteiger partial charge in [0.25, 0.3) is 0 Å². The summed E-state index contributed by atoms with van der Waals surface area (Å²) < 4.78 is 5.12. The normalized spacial score (nSPS) is 23.3. The molecule has 9 heavy (non-hydrogen) atoms. The highest BCUT2D eigenvalue weighted by Gasteiger charge is 2.35. The van der Waals surface area contributed by atoms with Gasteiger partial charge in [-0.2, -0.15) is 0 Å². The van der Waals surface area contributed by atoms with Crippen LogP contribution < -0.4 is 5.32 Å². The first-order valence-corrected chi connectivity index (χ1v) is 3.66. The van der Waals surface area contributed by atoms with Gasteiger partial charge in [-0.05, 0) is 13.0 Å². The highest BCUT2D eigenvalue weighted by Crippen LogP contribution is 2.19. The van der Waals surface area contributed by atoms with E-state index in [2.05, 4.69) is 19.2 Å². The van der Waals surface area contributed by atoms with Gasteiger partial charge in [0.15, 0.2) is 0 Å². The quantitative estimate of drug-likeness (QED) is 0.617. The fraction of sp³-hybridized carbons (Fsp3) is 1.00. The second-order valence-electron chi connectivity index (χ2n) is 2.66. The summed E-state index contributed by atoms with van der Waals surface area (Å²) in [6.45, 7) is 7.19. The minimum Gasteiger partial charge on any atom is -0.377 e. The molecule has 2 nitrogen and oxygen atoms in total. The molecule has 2 heteroatoms. The predicted octanol–water partition coefficient (Wildman–Crippen LogP) is 1.02. The van der Waals surface area contributed by atoms with E-state index >= 15 is 0 Å².